The number of carbonyl (C=O) groups is 2. The predicted molar refractivity (Wildman–Crippen MR) is 61.1 cm³/mol. The predicted octanol–water partition coefficient (Wildman–Crippen LogP) is 1.55. The van der Waals surface area contributed by atoms with E-state index in [0.29, 0.717) is 12.5 Å². The van der Waals surface area contributed by atoms with E-state index in [0.717, 1.165) is 0 Å². The number of ketones is 1. The Morgan fingerprint density at radius 1 is 1.38 bits per heavy atom. The first kappa shape index (κ1) is 11.4. The number of carbonyl (C=O) groups excluding carboxylic acids is 2. The molecule has 0 bridgehead atoms. The summed E-state index contributed by atoms with van der Waals surface area (Å²) in [7, 11) is 0. The fourth-order valence-corrected chi connectivity index (χ4v) is 2.82. The van der Waals surface area contributed by atoms with Crippen LogP contribution in [0.3, 0.4) is 0 Å². The number of nitrogens with zero attached hydrogens (tertiary/aromatic N) is 1. The molecule has 0 radical (unpaired) electrons. The molecule has 2 amide bonds. The molecule has 0 aromatic carbocycles. The lowest BCUT2D eigenvalue weighted by Gasteiger charge is -2.26. The highest BCUT2D eigenvalue weighted by Gasteiger charge is 2.34. The number of rotatable bonds is 3. The van der Waals surface area contributed by atoms with Crippen molar-refractivity contribution in [3.63, 3.8) is 0 Å². The van der Waals surface area contributed by atoms with Crippen LogP contribution in [0.1, 0.15) is 39.0 Å². The molecule has 1 aliphatic heterocycles. The first-order valence-corrected chi connectivity index (χ1v) is 6.21. The third kappa shape index (κ3) is 2.54. The van der Waals surface area contributed by atoms with Crippen LogP contribution in [0.4, 0.5) is 4.79 Å². The molecule has 1 saturated carbocycles. The molecule has 1 aliphatic carbocycles. The highest BCUT2D eigenvalue weighted by molar-refractivity contribution is 5.85. The van der Waals surface area contributed by atoms with E-state index in [9.17, 15) is 9.59 Å². The SMILES string of the molecule is CC(=O)CN1CC(C2CCCCC2)NC1=O. The minimum atomic E-state index is -0.0641. The van der Waals surface area contributed by atoms with Crippen molar-refractivity contribution in [2.45, 2.75) is 45.1 Å². The second-order valence-electron chi connectivity index (χ2n) is 5.04. The van der Waals surface area contributed by atoms with Crippen molar-refractivity contribution in [3.8, 4) is 0 Å². The largest absolute Gasteiger partial charge is 0.333 e. The van der Waals surface area contributed by atoms with E-state index in [-0.39, 0.29) is 24.4 Å². The first-order valence-electron chi connectivity index (χ1n) is 6.21. The maximum absolute atomic E-state index is 11.6. The van der Waals surface area contributed by atoms with Crippen LogP contribution in [0.15, 0.2) is 0 Å². The van der Waals surface area contributed by atoms with E-state index in [1.54, 1.807) is 4.90 Å². The molecule has 1 saturated heterocycles. The molecule has 4 nitrogen and oxygen atoms in total. The Morgan fingerprint density at radius 3 is 2.69 bits per heavy atom. The smallest absolute Gasteiger partial charge is 0.318 e. The molecule has 1 unspecified atom stereocenters. The summed E-state index contributed by atoms with van der Waals surface area (Å²) >= 11 is 0. The van der Waals surface area contributed by atoms with Gasteiger partial charge < -0.3 is 10.2 Å². The lowest BCUT2D eigenvalue weighted by Crippen LogP contribution is -2.35. The highest BCUT2D eigenvalue weighted by atomic mass is 16.2. The van der Waals surface area contributed by atoms with Crippen molar-refractivity contribution < 1.29 is 9.59 Å². The standard InChI is InChI=1S/C12H20N2O2/c1-9(15)7-14-8-11(13-12(14)16)10-5-3-2-4-6-10/h10-11H,2-8H2,1H3,(H,13,16). The maximum Gasteiger partial charge on any atom is 0.318 e. The molecule has 1 N–H and O–H groups in total. The van der Waals surface area contributed by atoms with Crippen LogP contribution in [-0.4, -0.2) is 35.8 Å². The molecule has 1 heterocycles. The summed E-state index contributed by atoms with van der Waals surface area (Å²) in [5.41, 5.74) is 0. The number of Topliss-reactive ketones (excluding diaryl/α,β-unsaturated/α-hetero) is 1. The van der Waals surface area contributed by atoms with Gasteiger partial charge in [-0.2, -0.15) is 0 Å². The van der Waals surface area contributed by atoms with Gasteiger partial charge in [0.15, 0.2) is 0 Å². The van der Waals surface area contributed by atoms with Crippen molar-refractivity contribution in [2.24, 2.45) is 5.92 Å². The van der Waals surface area contributed by atoms with Gasteiger partial charge in [0.1, 0.15) is 5.78 Å². The van der Waals surface area contributed by atoms with Crippen LogP contribution in [0.2, 0.25) is 0 Å². The summed E-state index contributed by atoms with van der Waals surface area (Å²) < 4.78 is 0. The van der Waals surface area contributed by atoms with Gasteiger partial charge in [-0.15, -0.1) is 0 Å². The third-order valence-corrected chi connectivity index (χ3v) is 3.65. The van der Waals surface area contributed by atoms with Gasteiger partial charge in [-0.3, -0.25) is 4.79 Å². The molecule has 2 fully saturated rings. The van der Waals surface area contributed by atoms with Gasteiger partial charge >= 0.3 is 6.03 Å². The van der Waals surface area contributed by atoms with Crippen molar-refractivity contribution in [1.29, 1.82) is 0 Å². The van der Waals surface area contributed by atoms with Gasteiger partial charge in [0.05, 0.1) is 12.6 Å². The van der Waals surface area contributed by atoms with E-state index >= 15 is 0 Å². The number of hydrogen-bond acceptors (Lipinski definition) is 2. The minimum Gasteiger partial charge on any atom is -0.333 e. The summed E-state index contributed by atoms with van der Waals surface area (Å²) in [6.07, 6.45) is 6.33. The molecule has 2 rings (SSSR count). The fourth-order valence-electron chi connectivity index (χ4n) is 2.82. The number of hydrogen-bond donors (Lipinski definition) is 1. The van der Waals surface area contributed by atoms with Crippen LogP contribution < -0.4 is 5.32 Å². The Kier molecular flexibility index (Phi) is 3.46. The molecular weight excluding hydrogens is 204 g/mol. The lowest BCUT2D eigenvalue weighted by atomic mass is 9.84. The third-order valence-electron chi connectivity index (χ3n) is 3.65. The molecule has 90 valence electrons. The normalized spacial score (nSPS) is 26.9. The van der Waals surface area contributed by atoms with Crippen molar-refractivity contribution in [3.05, 3.63) is 0 Å². The molecule has 0 aromatic rings. The molecule has 4 heteroatoms. The van der Waals surface area contributed by atoms with Crippen molar-refractivity contribution in [1.82, 2.24) is 10.2 Å². The van der Waals surface area contributed by atoms with E-state index < -0.39 is 0 Å². The topological polar surface area (TPSA) is 49.4 Å². The van der Waals surface area contributed by atoms with Crippen LogP contribution in [0.5, 0.6) is 0 Å². The summed E-state index contributed by atoms with van der Waals surface area (Å²) in [4.78, 5) is 24.3. The minimum absolute atomic E-state index is 0.0550. The zero-order valence-electron chi connectivity index (χ0n) is 9.87. The van der Waals surface area contributed by atoms with Crippen molar-refractivity contribution in [2.75, 3.05) is 13.1 Å². The van der Waals surface area contributed by atoms with Gasteiger partial charge in [-0.1, -0.05) is 19.3 Å². The second kappa shape index (κ2) is 4.85. The fraction of sp³-hybridized carbons (Fsp3) is 0.833. The number of urea groups is 1. The number of amides is 2. The lowest BCUT2D eigenvalue weighted by molar-refractivity contribution is -0.117. The van der Waals surface area contributed by atoms with Gasteiger partial charge in [0.2, 0.25) is 0 Å². The van der Waals surface area contributed by atoms with Crippen LogP contribution in [0, 0.1) is 5.92 Å². The molecule has 16 heavy (non-hydrogen) atoms. The number of nitrogens with one attached hydrogen (secondary N) is 1. The average molecular weight is 224 g/mol. The van der Waals surface area contributed by atoms with E-state index in [4.69, 9.17) is 0 Å². The van der Waals surface area contributed by atoms with E-state index in [2.05, 4.69) is 5.32 Å². The average Bonchev–Trinajstić information content (AvgIpc) is 2.61. The zero-order valence-corrected chi connectivity index (χ0v) is 9.87. The summed E-state index contributed by atoms with van der Waals surface area (Å²) in [6.45, 7) is 2.50. The zero-order chi connectivity index (χ0) is 11.5. The van der Waals surface area contributed by atoms with E-state index in [1.807, 2.05) is 0 Å². The molecule has 2 aliphatic rings. The van der Waals surface area contributed by atoms with Crippen LogP contribution in [-0.2, 0) is 4.79 Å². The molecule has 1 atom stereocenters. The highest BCUT2D eigenvalue weighted by Crippen LogP contribution is 2.28. The summed E-state index contributed by atoms with van der Waals surface area (Å²) in [5, 5.41) is 3.01. The first-order chi connectivity index (χ1) is 7.66. The van der Waals surface area contributed by atoms with Gasteiger partial charge in [-0.05, 0) is 25.7 Å². The molecule has 0 spiro atoms. The van der Waals surface area contributed by atoms with Gasteiger partial charge in [0.25, 0.3) is 0 Å². The van der Waals surface area contributed by atoms with Crippen LogP contribution in [0.25, 0.3) is 0 Å². The summed E-state index contributed by atoms with van der Waals surface area (Å²) in [5.74, 6) is 0.675. The Bertz CT molecular complexity index is 285. The quantitative estimate of drug-likeness (QED) is 0.790. The Hall–Kier alpha value is -1.06. The van der Waals surface area contributed by atoms with E-state index in [1.165, 1.54) is 39.0 Å². The monoisotopic (exact) mass is 224 g/mol. The van der Waals surface area contributed by atoms with Gasteiger partial charge in [-0.25, -0.2) is 4.79 Å². The molecule has 0 aromatic heterocycles. The Balaban J connectivity index is 1.89. The summed E-state index contributed by atoms with van der Waals surface area (Å²) in [6, 6.07) is 0.206. The Labute approximate surface area is 96.4 Å². The van der Waals surface area contributed by atoms with Gasteiger partial charge in [0, 0.05) is 6.54 Å². The van der Waals surface area contributed by atoms with Crippen LogP contribution >= 0.6 is 0 Å². The Morgan fingerprint density at radius 2 is 2.06 bits per heavy atom. The molecular formula is C12H20N2O2. The van der Waals surface area contributed by atoms with Crippen molar-refractivity contribution >= 4 is 11.8 Å². The second-order valence-corrected chi connectivity index (χ2v) is 5.04. The maximum atomic E-state index is 11.6.